The van der Waals surface area contributed by atoms with Crippen molar-refractivity contribution in [2.75, 3.05) is 6.54 Å². The minimum Gasteiger partial charge on any atom is -0.460 e. The zero-order valence-corrected chi connectivity index (χ0v) is 12.1. The number of hydrogen-bond donors (Lipinski definition) is 1. The molecule has 118 valence electrons. The number of hydrogen-bond acceptors (Lipinski definition) is 6. The summed E-state index contributed by atoms with van der Waals surface area (Å²) < 4.78 is 12.0. The van der Waals surface area contributed by atoms with Gasteiger partial charge in [-0.3, -0.25) is 19.1 Å². The van der Waals surface area contributed by atoms with Gasteiger partial charge in [0.2, 0.25) is 0 Å². The van der Waals surface area contributed by atoms with Gasteiger partial charge < -0.3 is 9.47 Å². The highest BCUT2D eigenvalue weighted by Crippen LogP contribution is 2.30. The summed E-state index contributed by atoms with van der Waals surface area (Å²) in [5.41, 5.74) is 7.65. The molecule has 0 saturated carbocycles. The fourth-order valence-electron chi connectivity index (χ4n) is 2.29. The summed E-state index contributed by atoms with van der Waals surface area (Å²) in [6.07, 6.45) is -0.397. The molecule has 2 rings (SSSR count). The third-order valence-electron chi connectivity index (χ3n) is 3.28. The van der Waals surface area contributed by atoms with Crippen LogP contribution in [0.25, 0.3) is 10.4 Å². The Morgan fingerprint density at radius 2 is 2.36 bits per heavy atom. The number of ether oxygens (including phenoxy) is 2. The third kappa shape index (κ3) is 3.35. The standard InChI is InChI=1S/C12H15N5O5/c1-6-5-17(12(20)15-11(6)19)10-3-8(21-7(2)18)9(22-10)4-14-16-13/h5,8-10H,3-4H2,1-2H3,(H,15,19,20). The maximum atomic E-state index is 11.9. The van der Waals surface area contributed by atoms with Crippen LogP contribution in [0, 0.1) is 6.92 Å². The van der Waals surface area contributed by atoms with Crippen molar-refractivity contribution in [2.45, 2.75) is 38.7 Å². The molecule has 0 aliphatic carbocycles. The average Bonchev–Trinajstić information content (AvgIpc) is 2.82. The lowest BCUT2D eigenvalue weighted by Crippen LogP contribution is -2.33. The van der Waals surface area contributed by atoms with Crippen LogP contribution in [0.4, 0.5) is 0 Å². The van der Waals surface area contributed by atoms with Gasteiger partial charge in [-0.15, -0.1) is 0 Å². The van der Waals surface area contributed by atoms with Gasteiger partial charge in [-0.05, 0) is 12.5 Å². The van der Waals surface area contributed by atoms with Crippen molar-refractivity contribution < 1.29 is 14.3 Å². The molecule has 1 aliphatic heterocycles. The second kappa shape index (κ2) is 6.46. The molecule has 2 heterocycles. The van der Waals surface area contributed by atoms with Crippen LogP contribution in [0.3, 0.4) is 0 Å². The lowest BCUT2D eigenvalue weighted by Gasteiger charge is -2.15. The van der Waals surface area contributed by atoms with Gasteiger partial charge in [0.1, 0.15) is 18.4 Å². The Kier molecular flexibility index (Phi) is 4.64. The van der Waals surface area contributed by atoms with Gasteiger partial charge in [-0.1, -0.05) is 5.11 Å². The summed E-state index contributed by atoms with van der Waals surface area (Å²) in [5.74, 6) is -0.495. The fourth-order valence-corrected chi connectivity index (χ4v) is 2.29. The maximum absolute atomic E-state index is 11.9. The van der Waals surface area contributed by atoms with Gasteiger partial charge in [0.05, 0.1) is 6.54 Å². The number of nitrogens with zero attached hydrogens (tertiary/aromatic N) is 4. The van der Waals surface area contributed by atoms with E-state index in [2.05, 4.69) is 15.0 Å². The fraction of sp³-hybridized carbons (Fsp3) is 0.583. The first kappa shape index (κ1) is 15.8. The Hall–Kier alpha value is -2.58. The van der Waals surface area contributed by atoms with E-state index in [4.69, 9.17) is 15.0 Å². The van der Waals surface area contributed by atoms with Crippen LogP contribution < -0.4 is 11.2 Å². The van der Waals surface area contributed by atoms with Gasteiger partial charge in [0.15, 0.2) is 0 Å². The Labute approximate surface area is 124 Å². The molecule has 0 bridgehead atoms. The van der Waals surface area contributed by atoms with E-state index < -0.39 is 35.7 Å². The van der Waals surface area contributed by atoms with Crippen molar-refractivity contribution in [3.63, 3.8) is 0 Å². The van der Waals surface area contributed by atoms with Crippen LogP contribution in [0.2, 0.25) is 0 Å². The molecule has 1 N–H and O–H groups in total. The highest BCUT2D eigenvalue weighted by atomic mass is 16.6. The van der Waals surface area contributed by atoms with Crippen LogP contribution in [-0.2, 0) is 14.3 Å². The van der Waals surface area contributed by atoms with Crippen LogP contribution in [0.5, 0.6) is 0 Å². The van der Waals surface area contributed by atoms with Crippen molar-refractivity contribution in [3.8, 4) is 0 Å². The molecule has 3 unspecified atom stereocenters. The highest BCUT2D eigenvalue weighted by Gasteiger charge is 2.38. The second-order valence-corrected chi connectivity index (χ2v) is 4.90. The minimum absolute atomic E-state index is 0.0258. The molecule has 1 fully saturated rings. The number of aromatic amines is 1. The normalized spacial score (nSPS) is 23.8. The number of rotatable bonds is 4. The molecular formula is C12H15N5O5. The van der Waals surface area contributed by atoms with Gasteiger partial charge in [0.25, 0.3) is 5.56 Å². The van der Waals surface area contributed by atoms with Crippen LogP contribution in [-0.4, -0.2) is 34.3 Å². The van der Waals surface area contributed by atoms with E-state index in [1.54, 1.807) is 6.92 Å². The molecule has 1 aromatic heterocycles. The van der Waals surface area contributed by atoms with Gasteiger partial charge in [-0.25, -0.2) is 4.79 Å². The smallest absolute Gasteiger partial charge is 0.330 e. The van der Waals surface area contributed by atoms with Crippen molar-refractivity contribution in [1.29, 1.82) is 0 Å². The lowest BCUT2D eigenvalue weighted by atomic mass is 10.2. The molecule has 0 aromatic carbocycles. The maximum Gasteiger partial charge on any atom is 0.330 e. The van der Waals surface area contributed by atoms with Crippen molar-refractivity contribution in [2.24, 2.45) is 5.11 Å². The molecule has 10 heteroatoms. The molecule has 22 heavy (non-hydrogen) atoms. The molecule has 0 amide bonds. The number of carbonyl (C=O) groups excluding carboxylic acids is 1. The number of H-pyrrole nitrogens is 1. The van der Waals surface area contributed by atoms with E-state index in [0.29, 0.717) is 5.56 Å². The van der Waals surface area contributed by atoms with Gasteiger partial charge in [-0.2, -0.15) is 0 Å². The van der Waals surface area contributed by atoms with Crippen molar-refractivity contribution >= 4 is 5.97 Å². The molecule has 1 saturated heterocycles. The predicted molar refractivity (Wildman–Crippen MR) is 74.2 cm³/mol. The zero-order valence-electron chi connectivity index (χ0n) is 12.1. The first-order chi connectivity index (χ1) is 10.4. The topological polar surface area (TPSA) is 139 Å². The summed E-state index contributed by atoms with van der Waals surface area (Å²) in [4.78, 5) is 39.2. The van der Waals surface area contributed by atoms with Gasteiger partial charge >= 0.3 is 11.7 Å². The second-order valence-electron chi connectivity index (χ2n) is 4.90. The molecule has 3 atom stereocenters. The van der Waals surface area contributed by atoms with E-state index in [-0.39, 0.29) is 13.0 Å². The monoisotopic (exact) mass is 309 g/mol. The largest absolute Gasteiger partial charge is 0.460 e. The summed E-state index contributed by atoms with van der Waals surface area (Å²) in [7, 11) is 0. The Morgan fingerprint density at radius 3 is 3.00 bits per heavy atom. The number of carbonyl (C=O) groups is 1. The SMILES string of the molecule is CC(=O)OC1CC(n2cc(C)c(=O)[nH]c2=O)OC1CN=[N+]=[N-]. The molecule has 10 nitrogen and oxygen atoms in total. The quantitative estimate of drug-likeness (QED) is 0.370. The number of aryl methyl sites for hydroxylation is 1. The Bertz CT molecular complexity index is 720. The van der Waals surface area contributed by atoms with E-state index in [1.165, 1.54) is 17.7 Å². The predicted octanol–water partition coefficient (Wildman–Crippen LogP) is 0.375. The van der Waals surface area contributed by atoms with Crippen molar-refractivity contribution in [3.05, 3.63) is 43.0 Å². The molecule has 1 aliphatic rings. The Morgan fingerprint density at radius 1 is 1.64 bits per heavy atom. The van der Waals surface area contributed by atoms with Crippen molar-refractivity contribution in [1.82, 2.24) is 9.55 Å². The molecule has 0 spiro atoms. The number of azide groups is 1. The van der Waals surface area contributed by atoms with E-state index in [9.17, 15) is 14.4 Å². The third-order valence-corrected chi connectivity index (χ3v) is 3.28. The first-order valence-corrected chi connectivity index (χ1v) is 6.58. The van der Waals surface area contributed by atoms with Crippen LogP contribution in [0.15, 0.2) is 20.9 Å². The van der Waals surface area contributed by atoms with E-state index in [1.807, 2.05) is 0 Å². The summed E-state index contributed by atoms with van der Waals surface area (Å²) in [6, 6.07) is 0. The molecule has 1 aromatic rings. The summed E-state index contributed by atoms with van der Waals surface area (Å²) in [5, 5.41) is 3.41. The molecule has 0 radical (unpaired) electrons. The number of nitrogens with one attached hydrogen (secondary N) is 1. The number of aromatic nitrogens is 2. The molecular weight excluding hydrogens is 294 g/mol. The summed E-state index contributed by atoms with van der Waals surface area (Å²) in [6.45, 7) is 2.79. The Balaban J connectivity index is 2.28. The summed E-state index contributed by atoms with van der Waals surface area (Å²) >= 11 is 0. The lowest BCUT2D eigenvalue weighted by molar-refractivity contribution is -0.148. The van der Waals surface area contributed by atoms with Crippen LogP contribution in [0.1, 0.15) is 25.1 Å². The van der Waals surface area contributed by atoms with Crippen LogP contribution >= 0.6 is 0 Å². The van der Waals surface area contributed by atoms with E-state index in [0.717, 1.165) is 0 Å². The first-order valence-electron chi connectivity index (χ1n) is 6.58. The highest BCUT2D eigenvalue weighted by molar-refractivity contribution is 5.66. The minimum atomic E-state index is -0.716. The zero-order chi connectivity index (χ0) is 16.3. The number of esters is 1. The van der Waals surface area contributed by atoms with E-state index >= 15 is 0 Å². The average molecular weight is 309 g/mol. The van der Waals surface area contributed by atoms with Gasteiger partial charge in [0, 0.05) is 30.0 Å².